The van der Waals surface area contributed by atoms with Gasteiger partial charge < -0.3 is 9.13 Å². The minimum Gasteiger partial charge on any atom is -0.309 e. The van der Waals surface area contributed by atoms with Crippen molar-refractivity contribution in [2.24, 2.45) is 5.92 Å². The van der Waals surface area contributed by atoms with Gasteiger partial charge in [-0.3, -0.25) is 0 Å². The largest absolute Gasteiger partial charge is 0.309 e. The number of fused-ring (bicyclic) bond motifs is 6. The molecule has 0 unspecified atom stereocenters. The highest BCUT2D eigenvalue weighted by Gasteiger charge is 2.32. The average Bonchev–Trinajstić information content (AvgIpc) is 3.65. The van der Waals surface area contributed by atoms with Gasteiger partial charge in [0.15, 0.2) is 0 Å². The van der Waals surface area contributed by atoms with Crippen LogP contribution in [0.1, 0.15) is 51.5 Å². The van der Waals surface area contributed by atoms with Crippen LogP contribution in [0.15, 0.2) is 140 Å². The summed E-state index contributed by atoms with van der Waals surface area (Å²) in [7, 11) is 0. The van der Waals surface area contributed by atoms with Gasteiger partial charge in [-0.05, 0) is 95.5 Å². The normalized spacial score (nSPS) is 14.5. The second-order valence-corrected chi connectivity index (χ2v) is 14.1. The van der Waals surface area contributed by atoms with E-state index in [9.17, 15) is 0 Å². The van der Waals surface area contributed by atoms with Gasteiger partial charge in [0.25, 0.3) is 0 Å². The summed E-state index contributed by atoms with van der Waals surface area (Å²) < 4.78 is 4.86. The number of hydrogen-bond acceptors (Lipinski definition) is 0. The highest BCUT2D eigenvalue weighted by atomic mass is 15.0. The quantitative estimate of drug-likeness (QED) is 0.184. The Labute approximate surface area is 276 Å². The number of aromatic nitrogens is 2. The Bertz CT molecular complexity index is 2380. The van der Waals surface area contributed by atoms with Crippen molar-refractivity contribution in [3.63, 3.8) is 0 Å². The van der Waals surface area contributed by atoms with Gasteiger partial charge in [-0.2, -0.15) is 0 Å². The van der Waals surface area contributed by atoms with Gasteiger partial charge in [0.1, 0.15) is 0 Å². The van der Waals surface area contributed by atoms with Crippen molar-refractivity contribution in [1.29, 1.82) is 0 Å². The molecule has 0 radical (unpaired) electrons. The lowest BCUT2D eigenvalue weighted by atomic mass is 9.67. The first-order chi connectivity index (χ1) is 23.1. The first-order valence-electron chi connectivity index (χ1n) is 17.3. The van der Waals surface area contributed by atoms with Crippen LogP contribution in [0.2, 0.25) is 0 Å². The van der Waals surface area contributed by atoms with Crippen LogP contribution < -0.4 is 0 Å². The maximum absolute atomic E-state index is 2.50. The first-order valence-corrected chi connectivity index (χ1v) is 17.3. The average molecular weight is 609 g/mol. The van der Waals surface area contributed by atoms with E-state index in [1.54, 1.807) is 0 Å². The Balaban J connectivity index is 1.16. The zero-order valence-electron chi connectivity index (χ0n) is 27.3. The monoisotopic (exact) mass is 608 g/mol. The second kappa shape index (κ2) is 11.0. The molecule has 1 saturated carbocycles. The molecule has 1 aliphatic rings. The fourth-order valence-electron chi connectivity index (χ4n) is 8.56. The Kier molecular flexibility index (Phi) is 6.61. The summed E-state index contributed by atoms with van der Waals surface area (Å²) in [6, 6.07) is 51.7. The topological polar surface area (TPSA) is 9.86 Å². The van der Waals surface area contributed by atoms with Crippen molar-refractivity contribution in [3.05, 3.63) is 145 Å². The van der Waals surface area contributed by atoms with Crippen LogP contribution in [0.25, 0.3) is 66.1 Å². The molecule has 0 atom stereocenters. The van der Waals surface area contributed by atoms with Gasteiger partial charge in [-0.25, -0.2) is 0 Å². The lowest BCUT2D eigenvalue weighted by Gasteiger charge is -2.37. The van der Waals surface area contributed by atoms with Crippen LogP contribution in [-0.4, -0.2) is 9.13 Å². The van der Waals surface area contributed by atoms with E-state index < -0.39 is 0 Å². The molecule has 6 aromatic carbocycles. The Hall–Kier alpha value is -5.08. The molecule has 0 bridgehead atoms. The SMILES string of the molecule is CC(C)(c1ccc2c(c1)c1ccccc1n2-c1cccc(-c2cccc(-n3c4ccccc4c4ccccc43)c2)c1)C1CCCCC1. The maximum atomic E-state index is 2.50. The number of hydrogen-bond donors (Lipinski definition) is 0. The van der Waals surface area contributed by atoms with E-state index in [0.29, 0.717) is 0 Å². The van der Waals surface area contributed by atoms with Gasteiger partial charge in [0.2, 0.25) is 0 Å². The Morgan fingerprint density at radius 3 is 1.45 bits per heavy atom. The van der Waals surface area contributed by atoms with E-state index in [4.69, 9.17) is 0 Å². The summed E-state index contributed by atoms with van der Waals surface area (Å²) in [5.41, 5.74) is 11.4. The third-order valence-electron chi connectivity index (χ3n) is 11.2. The van der Waals surface area contributed by atoms with Crippen LogP contribution >= 0.6 is 0 Å². The molecule has 0 spiro atoms. The van der Waals surface area contributed by atoms with Crippen LogP contribution in [0, 0.1) is 5.92 Å². The van der Waals surface area contributed by atoms with Gasteiger partial charge in [0, 0.05) is 32.9 Å². The van der Waals surface area contributed by atoms with Crippen molar-refractivity contribution < 1.29 is 0 Å². The highest BCUT2D eigenvalue weighted by molar-refractivity contribution is 6.10. The molecule has 0 N–H and O–H groups in total. The number of benzene rings is 6. The maximum Gasteiger partial charge on any atom is 0.0541 e. The van der Waals surface area contributed by atoms with E-state index in [1.165, 1.54) is 104 Å². The molecular formula is C45H40N2. The molecule has 0 aliphatic heterocycles. The fourth-order valence-corrected chi connectivity index (χ4v) is 8.56. The van der Waals surface area contributed by atoms with Crippen LogP contribution in [0.4, 0.5) is 0 Å². The molecule has 47 heavy (non-hydrogen) atoms. The van der Waals surface area contributed by atoms with Crippen LogP contribution in [0.5, 0.6) is 0 Å². The molecule has 8 aromatic rings. The smallest absolute Gasteiger partial charge is 0.0541 e. The predicted octanol–water partition coefficient (Wildman–Crippen LogP) is 12.4. The van der Waals surface area contributed by atoms with Crippen molar-refractivity contribution in [2.45, 2.75) is 51.4 Å². The molecule has 1 fully saturated rings. The third-order valence-corrected chi connectivity index (χ3v) is 11.2. The Morgan fingerprint density at radius 1 is 0.447 bits per heavy atom. The number of nitrogens with zero attached hydrogens (tertiary/aromatic N) is 2. The second-order valence-electron chi connectivity index (χ2n) is 14.1. The Morgan fingerprint density at radius 2 is 0.915 bits per heavy atom. The summed E-state index contributed by atoms with van der Waals surface area (Å²) in [5, 5.41) is 5.24. The predicted molar refractivity (Wildman–Crippen MR) is 200 cm³/mol. The van der Waals surface area contributed by atoms with Gasteiger partial charge in [-0.1, -0.05) is 118 Å². The van der Waals surface area contributed by atoms with Gasteiger partial charge in [0.05, 0.1) is 22.1 Å². The summed E-state index contributed by atoms with van der Waals surface area (Å²) in [6.07, 6.45) is 6.82. The van der Waals surface area contributed by atoms with E-state index in [0.717, 1.165) is 5.92 Å². The van der Waals surface area contributed by atoms with Crippen molar-refractivity contribution >= 4 is 43.6 Å². The van der Waals surface area contributed by atoms with Crippen molar-refractivity contribution in [2.75, 3.05) is 0 Å². The summed E-state index contributed by atoms with van der Waals surface area (Å²) >= 11 is 0. The van der Waals surface area contributed by atoms with E-state index in [2.05, 4.69) is 163 Å². The van der Waals surface area contributed by atoms with E-state index >= 15 is 0 Å². The minimum absolute atomic E-state index is 0.166. The first kappa shape index (κ1) is 28.2. The lowest BCUT2D eigenvalue weighted by Crippen LogP contribution is -2.30. The number of para-hydroxylation sites is 3. The zero-order valence-corrected chi connectivity index (χ0v) is 27.3. The summed E-state index contributed by atoms with van der Waals surface area (Å²) in [5.74, 6) is 0.747. The van der Waals surface area contributed by atoms with Crippen LogP contribution in [0.3, 0.4) is 0 Å². The van der Waals surface area contributed by atoms with Crippen molar-refractivity contribution in [3.8, 4) is 22.5 Å². The molecule has 230 valence electrons. The van der Waals surface area contributed by atoms with Crippen molar-refractivity contribution in [1.82, 2.24) is 9.13 Å². The summed E-state index contributed by atoms with van der Waals surface area (Å²) in [4.78, 5) is 0. The number of rotatable bonds is 5. The molecular weight excluding hydrogens is 569 g/mol. The highest BCUT2D eigenvalue weighted by Crippen LogP contribution is 2.43. The molecule has 2 heteroatoms. The molecule has 0 amide bonds. The standard InChI is InChI=1S/C45H40N2/c1-45(2,33-16-4-3-5-17-33)34-26-27-44-40(30-34)39-22-8-11-25-43(39)47(44)36-19-13-15-32(29-36)31-14-12-18-35(28-31)46-41-23-9-6-20-37(41)38-21-7-10-24-42(38)46/h6-15,18-30,33H,3-5,16-17H2,1-2H3. The fraction of sp³-hybridized carbons (Fsp3) is 0.200. The summed E-state index contributed by atoms with van der Waals surface area (Å²) in [6.45, 7) is 4.94. The molecule has 2 aromatic heterocycles. The van der Waals surface area contributed by atoms with Gasteiger partial charge >= 0.3 is 0 Å². The molecule has 9 rings (SSSR count). The van der Waals surface area contributed by atoms with Crippen LogP contribution in [-0.2, 0) is 5.41 Å². The molecule has 2 heterocycles. The third kappa shape index (κ3) is 4.53. The molecule has 1 aliphatic carbocycles. The molecule has 2 nitrogen and oxygen atoms in total. The zero-order chi connectivity index (χ0) is 31.5. The lowest BCUT2D eigenvalue weighted by molar-refractivity contribution is 0.236. The molecule has 0 saturated heterocycles. The van der Waals surface area contributed by atoms with E-state index in [1.807, 2.05) is 0 Å². The van der Waals surface area contributed by atoms with Gasteiger partial charge in [-0.15, -0.1) is 0 Å². The minimum atomic E-state index is 0.166. The van der Waals surface area contributed by atoms with E-state index in [-0.39, 0.29) is 5.41 Å².